The lowest BCUT2D eigenvalue weighted by Gasteiger charge is -2.41. The fourth-order valence-electron chi connectivity index (χ4n) is 6.67. The van der Waals surface area contributed by atoms with Crippen LogP contribution < -0.4 is 30.2 Å². The number of piperazine rings is 1. The van der Waals surface area contributed by atoms with Crippen molar-refractivity contribution in [2.24, 2.45) is 5.92 Å². The number of ether oxygens (including phenoxy) is 2. The van der Waals surface area contributed by atoms with E-state index in [0.29, 0.717) is 75.0 Å². The largest absolute Gasteiger partial charge is 0.448 e. The Balaban J connectivity index is 0.889. The average molecular weight is 680 g/mol. The molecule has 14 nitrogen and oxygen atoms in total. The van der Waals surface area contributed by atoms with Gasteiger partial charge < -0.3 is 34.6 Å². The number of benzene rings is 2. The van der Waals surface area contributed by atoms with Gasteiger partial charge in [-0.1, -0.05) is 5.64 Å². The molecule has 2 aromatic rings. The van der Waals surface area contributed by atoms with Gasteiger partial charge in [-0.25, -0.2) is 17.2 Å². The SMILES string of the molecule is CS(=O)(=O)c1ccc(N2CC(C(=O)NCC(=O)N3CCN(c4cc5c(cc4F)OC(C4CCONO4)O5)CC3)C2)c2c1[C@H](O)[C@H](F)C2. The molecule has 254 valence electrons. The van der Waals surface area contributed by atoms with Crippen LogP contribution in [0.3, 0.4) is 0 Å². The molecule has 47 heavy (non-hydrogen) atoms. The molecule has 0 spiro atoms. The summed E-state index contributed by atoms with van der Waals surface area (Å²) < 4.78 is 65.5. The molecule has 7 rings (SSSR count). The maximum atomic E-state index is 15.1. The van der Waals surface area contributed by atoms with Crippen molar-refractivity contribution in [3.8, 4) is 11.5 Å². The maximum Gasteiger partial charge on any atom is 0.269 e. The summed E-state index contributed by atoms with van der Waals surface area (Å²) in [6.07, 6.45) is -2.87. The summed E-state index contributed by atoms with van der Waals surface area (Å²) in [5.74, 6) is -0.768. The van der Waals surface area contributed by atoms with Crippen molar-refractivity contribution in [3.05, 3.63) is 41.2 Å². The smallest absolute Gasteiger partial charge is 0.269 e. The van der Waals surface area contributed by atoms with Crippen LogP contribution in [-0.2, 0) is 35.5 Å². The van der Waals surface area contributed by atoms with Gasteiger partial charge in [-0.05, 0) is 17.7 Å². The number of anilines is 2. The second-order valence-corrected chi connectivity index (χ2v) is 14.3. The van der Waals surface area contributed by atoms with Gasteiger partial charge in [0.15, 0.2) is 27.4 Å². The number of halogens is 2. The van der Waals surface area contributed by atoms with Crippen LogP contribution in [0.5, 0.6) is 11.5 Å². The van der Waals surface area contributed by atoms with Crippen LogP contribution in [0.1, 0.15) is 23.7 Å². The number of amides is 2. The predicted octanol–water partition coefficient (Wildman–Crippen LogP) is 0.380. The Morgan fingerprint density at radius 3 is 2.47 bits per heavy atom. The average Bonchev–Trinajstić information content (AvgIpc) is 3.58. The number of hydrogen-bond acceptors (Lipinski definition) is 12. The summed E-state index contributed by atoms with van der Waals surface area (Å²) in [6.45, 7) is 2.25. The van der Waals surface area contributed by atoms with Crippen LogP contribution in [0.4, 0.5) is 20.2 Å². The van der Waals surface area contributed by atoms with Crippen molar-refractivity contribution in [1.29, 1.82) is 0 Å². The van der Waals surface area contributed by atoms with E-state index in [2.05, 4.69) is 11.0 Å². The number of rotatable bonds is 7. The van der Waals surface area contributed by atoms with Crippen LogP contribution in [0.25, 0.3) is 0 Å². The molecular formula is C30H35F2N5O9S. The topological polar surface area (TPSA) is 159 Å². The number of nitrogens with one attached hydrogen (secondary N) is 2. The number of carbonyl (C=O) groups excluding carboxylic acids is 2. The third-order valence-corrected chi connectivity index (χ3v) is 10.4. The number of sulfone groups is 1. The molecule has 5 aliphatic rings. The Morgan fingerprint density at radius 1 is 1.06 bits per heavy atom. The fraction of sp³-hybridized carbons (Fsp3) is 0.533. The molecule has 0 bridgehead atoms. The Morgan fingerprint density at radius 2 is 1.79 bits per heavy atom. The first-order valence-electron chi connectivity index (χ1n) is 15.4. The van der Waals surface area contributed by atoms with E-state index >= 15 is 4.39 Å². The third-order valence-electron chi connectivity index (χ3n) is 9.28. The molecule has 0 radical (unpaired) electrons. The minimum atomic E-state index is -3.67. The Labute approximate surface area is 269 Å². The lowest BCUT2D eigenvalue weighted by atomic mass is 9.95. The lowest BCUT2D eigenvalue weighted by Crippen LogP contribution is -2.56. The van der Waals surface area contributed by atoms with Crippen LogP contribution in [-0.4, -0.2) is 107 Å². The minimum Gasteiger partial charge on any atom is -0.448 e. The third kappa shape index (κ3) is 6.06. The van der Waals surface area contributed by atoms with Crippen molar-refractivity contribution in [2.45, 2.75) is 42.4 Å². The van der Waals surface area contributed by atoms with E-state index in [1.54, 1.807) is 17.0 Å². The summed E-state index contributed by atoms with van der Waals surface area (Å²) >= 11 is 0. The van der Waals surface area contributed by atoms with Crippen molar-refractivity contribution in [3.63, 3.8) is 0 Å². The van der Waals surface area contributed by atoms with Gasteiger partial charge >= 0.3 is 0 Å². The standard InChI is InChI=1S/C30H35F2N5O9S/c1-47(41,42)25-3-2-20(17-10-19(32)28(39)27(17)25)37-14-16(15-37)29(40)33-13-26(38)36-7-5-35(6-8-36)21-12-24-23(11-18(21)31)44-30(45-24)22-4-9-43-34-46-22/h2-3,11-12,16,19,22,28,30,34,39H,4-10,13-15H2,1H3,(H,33,40)/t19-,22?,28-,30?/m1/s1. The first kappa shape index (κ1) is 31.8. The number of fused-ring (bicyclic) bond motifs is 2. The summed E-state index contributed by atoms with van der Waals surface area (Å²) in [7, 11) is -3.67. The molecule has 0 aromatic heterocycles. The molecule has 0 saturated carbocycles. The van der Waals surface area contributed by atoms with Gasteiger partial charge in [-0.3, -0.25) is 19.3 Å². The molecule has 2 aromatic carbocycles. The minimum absolute atomic E-state index is 0.0874. The first-order chi connectivity index (χ1) is 22.5. The molecule has 4 heterocycles. The van der Waals surface area contributed by atoms with Crippen LogP contribution >= 0.6 is 0 Å². The molecule has 2 amide bonds. The van der Waals surface area contributed by atoms with Gasteiger partial charge in [0.05, 0.1) is 29.7 Å². The zero-order valence-electron chi connectivity index (χ0n) is 25.5. The van der Waals surface area contributed by atoms with Gasteiger partial charge in [0.1, 0.15) is 18.1 Å². The number of alkyl halides is 1. The number of nitrogens with zero attached hydrogens (tertiary/aromatic N) is 3. The van der Waals surface area contributed by atoms with Crippen LogP contribution in [0.2, 0.25) is 0 Å². The van der Waals surface area contributed by atoms with E-state index in [0.717, 1.165) is 6.26 Å². The zero-order valence-corrected chi connectivity index (χ0v) is 26.3. The zero-order chi connectivity index (χ0) is 33.0. The van der Waals surface area contributed by atoms with Gasteiger partial charge in [0.2, 0.25) is 11.8 Å². The number of aliphatic hydroxyl groups excluding tert-OH is 1. The fourth-order valence-corrected chi connectivity index (χ4v) is 7.63. The van der Waals surface area contributed by atoms with E-state index < -0.39 is 46.2 Å². The van der Waals surface area contributed by atoms with Crippen LogP contribution in [0, 0.1) is 11.7 Å². The highest BCUT2D eigenvalue weighted by atomic mass is 32.2. The van der Waals surface area contributed by atoms with E-state index in [1.807, 2.05) is 9.80 Å². The van der Waals surface area contributed by atoms with E-state index in [4.69, 9.17) is 19.1 Å². The van der Waals surface area contributed by atoms with Crippen molar-refractivity contribution >= 4 is 33.0 Å². The van der Waals surface area contributed by atoms with Gasteiger partial charge in [0, 0.05) is 81.7 Å². The van der Waals surface area contributed by atoms with Crippen molar-refractivity contribution in [1.82, 2.24) is 15.9 Å². The second-order valence-electron chi connectivity index (χ2n) is 12.3. The molecule has 3 fully saturated rings. The highest BCUT2D eigenvalue weighted by Crippen LogP contribution is 2.44. The van der Waals surface area contributed by atoms with E-state index in [9.17, 15) is 27.5 Å². The van der Waals surface area contributed by atoms with E-state index in [1.165, 1.54) is 12.1 Å². The highest BCUT2D eigenvalue weighted by molar-refractivity contribution is 7.90. The van der Waals surface area contributed by atoms with Gasteiger partial charge in [-0.15, -0.1) is 0 Å². The van der Waals surface area contributed by atoms with Crippen LogP contribution in [0.15, 0.2) is 29.2 Å². The summed E-state index contributed by atoms with van der Waals surface area (Å²) in [5.41, 5.74) is 3.80. The highest BCUT2D eigenvalue weighted by Gasteiger charge is 2.41. The second kappa shape index (κ2) is 12.4. The quantitative estimate of drug-likeness (QED) is 0.370. The normalized spacial score (nSPS) is 25.8. The Kier molecular flexibility index (Phi) is 8.36. The molecule has 3 saturated heterocycles. The van der Waals surface area contributed by atoms with E-state index in [-0.39, 0.29) is 41.0 Å². The molecule has 1 aliphatic carbocycles. The lowest BCUT2D eigenvalue weighted by molar-refractivity contribution is -0.270. The Bertz CT molecular complexity index is 1680. The summed E-state index contributed by atoms with van der Waals surface area (Å²) in [5, 5.41) is 13.0. The van der Waals surface area contributed by atoms with Gasteiger partial charge in [0.25, 0.3) is 6.29 Å². The monoisotopic (exact) mass is 679 g/mol. The van der Waals surface area contributed by atoms with Crippen molar-refractivity contribution < 1.29 is 51.0 Å². The number of aliphatic hydroxyl groups is 1. The molecule has 4 atom stereocenters. The predicted molar refractivity (Wildman–Crippen MR) is 161 cm³/mol. The number of hydrogen-bond donors (Lipinski definition) is 3. The summed E-state index contributed by atoms with van der Waals surface area (Å²) in [6, 6.07) is 5.83. The summed E-state index contributed by atoms with van der Waals surface area (Å²) in [4.78, 5) is 41.2. The molecule has 2 unspecified atom stereocenters. The molecule has 3 N–H and O–H groups in total. The number of carbonyl (C=O) groups is 2. The first-order valence-corrected chi connectivity index (χ1v) is 17.3. The molecular weight excluding hydrogens is 644 g/mol. The maximum absolute atomic E-state index is 15.1. The Hall–Kier alpha value is -3.77. The van der Waals surface area contributed by atoms with Gasteiger partial charge in [-0.2, -0.15) is 0 Å². The molecule has 17 heteroatoms. The molecule has 4 aliphatic heterocycles. The van der Waals surface area contributed by atoms with Crippen molar-refractivity contribution in [2.75, 3.05) is 68.5 Å².